The van der Waals surface area contributed by atoms with E-state index >= 15 is 0 Å². The van der Waals surface area contributed by atoms with Crippen LogP contribution in [0.15, 0.2) is 18.2 Å². The lowest BCUT2D eigenvalue weighted by molar-refractivity contribution is 1.07. The van der Waals surface area contributed by atoms with Crippen LogP contribution in [-0.4, -0.2) is 40.5 Å². The molecule has 0 atom stereocenters. The molecular weight excluding hydrogens is 322 g/mol. The second-order valence-corrected chi connectivity index (χ2v) is 8.60. The maximum absolute atomic E-state index is 4.76. The van der Waals surface area contributed by atoms with Gasteiger partial charge in [-0.25, -0.2) is 0 Å². The van der Waals surface area contributed by atoms with Crippen LogP contribution in [0.5, 0.6) is 0 Å². The largest absolute Gasteiger partial charge is 0.256 e. The summed E-state index contributed by atoms with van der Waals surface area (Å²) in [7, 11) is 0. The third-order valence-electron chi connectivity index (χ3n) is 2.64. The second-order valence-electron chi connectivity index (χ2n) is 4.42. The van der Waals surface area contributed by atoms with Crippen molar-refractivity contribution in [3.8, 4) is 0 Å². The van der Waals surface area contributed by atoms with Crippen molar-refractivity contribution in [2.75, 3.05) is 35.5 Å². The van der Waals surface area contributed by atoms with E-state index in [1.807, 2.05) is 47.0 Å². The molecule has 0 saturated heterocycles. The third kappa shape index (κ3) is 9.48. The molecule has 114 valence electrons. The Bertz CT molecular complexity index is 317. The van der Waals surface area contributed by atoms with E-state index < -0.39 is 0 Å². The number of thioether (sulfide) groups is 4. The first-order valence-electron chi connectivity index (χ1n) is 6.95. The zero-order valence-corrected chi connectivity index (χ0v) is 15.7. The molecule has 0 amide bonds. The fraction of sp³-hybridized carbons (Fsp3) is 0.667. The predicted octanol–water partition coefficient (Wildman–Crippen LogP) is 5.05. The second kappa shape index (κ2) is 13.2. The quantitative estimate of drug-likeness (QED) is 0.489. The van der Waals surface area contributed by atoms with Gasteiger partial charge in [0.25, 0.3) is 0 Å². The van der Waals surface area contributed by atoms with Gasteiger partial charge in [-0.3, -0.25) is 4.98 Å². The van der Waals surface area contributed by atoms with E-state index in [2.05, 4.69) is 30.7 Å². The minimum Gasteiger partial charge on any atom is -0.256 e. The summed E-state index contributed by atoms with van der Waals surface area (Å²) in [6, 6.07) is 6.47. The average Bonchev–Trinajstić information content (AvgIpc) is 2.47. The van der Waals surface area contributed by atoms with Crippen LogP contribution in [0.3, 0.4) is 0 Å². The van der Waals surface area contributed by atoms with Gasteiger partial charge in [0.2, 0.25) is 0 Å². The molecule has 0 saturated carbocycles. The highest BCUT2D eigenvalue weighted by atomic mass is 32.2. The lowest BCUT2D eigenvalue weighted by atomic mass is 10.3. The van der Waals surface area contributed by atoms with Crippen LogP contribution in [0.1, 0.15) is 24.2 Å². The molecule has 1 aromatic rings. The van der Waals surface area contributed by atoms with Crippen LogP contribution in [0, 0.1) is 0 Å². The summed E-state index contributed by atoms with van der Waals surface area (Å²) in [5, 5.41) is 0. The van der Waals surface area contributed by atoms with Gasteiger partial charge in [-0.05, 0) is 60.5 Å². The summed E-state index contributed by atoms with van der Waals surface area (Å²) in [4.78, 5) is 4.76. The van der Waals surface area contributed by atoms with E-state index in [9.17, 15) is 0 Å². The standard InChI is InChI=1S/C15H25NS4/c1-17-8-4-10-19-12-14-6-3-7-15(16-14)13-20-11-5-9-18-2/h3,6-7H,4-5,8-13H2,1-2H3. The Kier molecular flexibility index (Phi) is 12.3. The first-order chi connectivity index (χ1) is 9.86. The van der Waals surface area contributed by atoms with Gasteiger partial charge in [-0.2, -0.15) is 47.0 Å². The first-order valence-corrected chi connectivity index (χ1v) is 12.0. The maximum atomic E-state index is 4.76. The Morgan fingerprint density at radius 3 is 1.75 bits per heavy atom. The molecule has 1 aromatic heterocycles. The zero-order valence-electron chi connectivity index (χ0n) is 12.5. The lowest BCUT2D eigenvalue weighted by Crippen LogP contribution is -1.94. The van der Waals surface area contributed by atoms with Gasteiger partial charge in [-0.1, -0.05) is 6.07 Å². The van der Waals surface area contributed by atoms with E-state index in [1.165, 1.54) is 47.2 Å². The Morgan fingerprint density at radius 1 is 0.800 bits per heavy atom. The Balaban J connectivity index is 2.19. The SMILES string of the molecule is CSCCCSCc1cccc(CSCCCSC)n1. The third-order valence-corrected chi connectivity index (χ3v) is 6.19. The molecule has 0 spiro atoms. The zero-order chi connectivity index (χ0) is 14.5. The van der Waals surface area contributed by atoms with Gasteiger partial charge >= 0.3 is 0 Å². The van der Waals surface area contributed by atoms with Gasteiger partial charge < -0.3 is 0 Å². The molecule has 0 aliphatic heterocycles. The van der Waals surface area contributed by atoms with Crippen LogP contribution in [0.25, 0.3) is 0 Å². The Labute approximate surface area is 141 Å². The van der Waals surface area contributed by atoms with Gasteiger partial charge in [-0.15, -0.1) is 0 Å². The van der Waals surface area contributed by atoms with E-state index in [4.69, 9.17) is 4.98 Å². The highest BCUT2D eigenvalue weighted by Crippen LogP contribution is 2.16. The lowest BCUT2D eigenvalue weighted by Gasteiger charge is -2.05. The number of hydrogen-bond acceptors (Lipinski definition) is 5. The highest BCUT2D eigenvalue weighted by molar-refractivity contribution is 7.99. The number of hydrogen-bond donors (Lipinski definition) is 0. The molecule has 1 nitrogen and oxygen atoms in total. The summed E-state index contributed by atoms with van der Waals surface area (Å²) in [5.41, 5.74) is 2.47. The summed E-state index contributed by atoms with van der Waals surface area (Å²) in [5.74, 6) is 7.14. The summed E-state index contributed by atoms with van der Waals surface area (Å²) < 4.78 is 0. The number of rotatable bonds is 12. The van der Waals surface area contributed by atoms with Crippen LogP contribution in [-0.2, 0) is 11.5 Å². The van der Waals surface area contributed by atoms with Crippen molar-refractivity contribution in [1.82, 2.24) is 4.98 Å². The van der Waals surface area contributed by atoms with Crippen LogP contribution < -0.4 is 0 Å². The average molecular weight is 348 g/mol. The molecule has 0 aliphatic rings. The minimum absolute atomic E-state index is 1.05. The molecule has 0 unspecified atom stereocenters. The minimum atomic E-state index is 1.05. The Hall–Kier alpha value is 0.550. The Morgan fingerprint density at radius 2 is 1.30 bits per heavy atom. The molecule has 0 aromatic carbocycles. The van der Waals surface area contributed by atoms with Crippen LogP contribution >= 0.6 is 47.0 Å². The predicted molar refractivity (Wildman–Crippen MR) is 103 cm³/mol. The maximum Gasteiger partial charge on any atom is 0.0506 e. The van der Waals surface area contributed by atoms with Crippen molar-refractivity contribution in [2.45, 2.75) is 24.3 Å². The number of pyridine rings is 1. The van der Waals surface area contributed by atoms with E-state index in [1.54, 1.807) is 0 Å². The topological polar surface area (TPSA) is 12.9 Å². The van der Waals surface area contributed by atoms with Crippen molar-refractivity contribution in [1.29, 1.82) is 0 Å². The molecule has 0 N–H and O–H groups in total. The molecule has 5 heteroatoms. The summed E-state index contributed by atoms with van der Waals surface area (Å²) in [6.45, 7) is 0. The van der Waals surface area contributed by atoms with Gasteiger partial charge in [0.1, 0.15) is 0 Å². The molecule has 1 heterocycles. The van der Waals surface area contributed by atoms with Gasteiger partial charge in [0.15, 0.2) is 0 Å². The molecule has 20 heavy (non-hydrogen) atoms. The smallest absolute Gasteiger partial charge is 0.0506 e. The van der Waals surface area contributed by atoms with E-state index in [0.29, 0.717) is 0 Å². The monoisotopic (exact) mass is 347 g/mol. The number of nitrogens with zero attached hydrogens (tertiary/aromatic N) is 1. The van der Waals surface area contributed by atoms with Crippen molar-refractivity contribution >= 4 is 47.0 Å². The molecule has 1 rings (SSSR count). The summed E-state index contributed by atoms with van der Waals surface area (Å²) in [6.07, 6.45) is 6.95. The fourth-order valence-corrected chi connectivity index (χ4v) is 4.61. The molecule has 0 aliphatic carbocycles. The summed E-state index contributed by atoms with van der Waals surface area (Å²) >= 11 is 7.87. The van der Waals surface area contributed by atoms with Crippen molar-refractivity contribution in [3.63, 3.8) is 0 Å². The van der Waals surface area contributed by atoms with Gasteiger partial charge in [0, 0.05) is 11.5 Å². The van der Waals surface area contributed by atoms with Crippen molar-refractivity contribution in [2.24, 2.45) is 0 Å². The first kappa shape index (κ1) is 18.6. The van der Waals surface area contributed by atoms with Crippen molar-refractivity contribution < 1.29 is 0 Å². The molecule has 0 bridgehead atoms. The van der Waals surface area contributed by atoms with Crippen LogP contribution in [0.4, 0.5) is 0 Å². The van der Waals surface area contributed by atoms with Gasteiger partial charge in [0.05, 0.1) is 11.4 Å². The van der Waals surface area contributed by atoms with Crippen molar-refractivity contribution in [3.05, 3.63) is 29.6 Å². The molecule has 0 radical (unpaired) electrons. The van der Waals surface area contributed by atoms with E-state index in [0.717, 1.165) is 11.5 Å². The molecule has 0 fully saturated rings. The fourth-order valence-electron chi connectivity index (χ4n) is 1.65. The van der Waals surface area contributed by atoms with Crippen LogP contribution in [0.2, 0.25) is 0 Å². The molecular formula is C15H25NS4. The number of aromatic nitrogens is 1. The normalized spacial score (nSPS) is 10.9. The highest BCUT2D eigenvalue weighted by Gasteiger charge is 1.99. The van der Waals surface area contributed by atoms with E-state index in [-0.39, 0.29) is 0 Å².